The van der Waals surface area contributed by atoms with Gasteiger partial charge in [-0.15, -0.1) is 10.3 Å². The summed E-state index contributed by atoms with van der Waals surface area (Å²) in [5.41, 5.74) is -4.67. The lowest BCUT2D eigenvalue weighted by molar-refractivity contribution is -0.0496. The Morgan fingerprint density at radius 1 is 1.00 bits per heavy atom. The molecule has 2 aromatic carbocycles. The number of fused-ring (bicyclic) bond motifs is 1. The van der Waals surface area contributed by atoms with Gasteiger partial charge < -0.3 is 0 Å². The summed E-state index contributed by atoms with van der Waals surface area (Å²) in [6, 6.07) is 13.0. The van der Waals surface area contributed by atoms with E-state index in [2.05, 4.69) is 3.63 Å². The molecule has 0 aliphatic carbocycles. The minimum absolute atomic E-state index is 0.118. The maximum Gasteiger partial charge on any atom is 0.523 e. The van der Waals surface area contributed by atoms with Gasteiger partial charge in [-0.25, -0.2) is 3.63 Å². The highest BCUT2D eigenvalue weighted by Gasteiger charge is 2.49. The molecular formula is C14H15F3O3S2. The molecule has 2 aromatic rings. The fraction of sp³-hybridized carbons (Fsp3) is 0.286. The normalized spacial score (nSPS) is 14.2. The molecule has 0 N–H and O–H groups in total. The minimum Gasteiger partial charge on any atom is -0.213 e. The molecule has 8 heteroatoms. The van der Waals surface area contributed by atoms with E-state index in [1.165, 1.54) is 12.5 Å². The van der Waals surface area contributed by atoms with E-state index in [1.54, 1.807) is 6.07 Å². The summed E-state index contributed by atoms with van der Waals surface area (Å²) in [4.78, 5) is 0. The SMILES string of the molecule is CS(C)(Cc1ccc2ccccc2c1)OS(=O)(=O)C(F)(F)F. The van der Waals surface area contributed by atoms with Gasteiger partial charge >= 0.3 is 15.6 Å². The van der Waals surface area contributed by atoms with Gasteiger partial charge in [-0.3, -0.25) is 0 Å². The van der Waals surface area contributed by atoms with Gasteiger partial charge in [0.25, 0.3) is 0 Å². The van der Waals surface area contributed by atoms with Crippen molar-refractivity contribution in [1.82, 2.24) is 0 Å². The predicted molar refractivity (Wildman–Crippen MR) is 83.2 cm³/mol. The number of hydrogen-bond acceptors (Lipinski definition) is 3. The number of halogens is 3. The van der Waals surface area contributed by atoms with Crippen LogP contribution in [-0.4, -0.2) is 26.4 Å². The molecule has 0 fully saturated rings. The first-order valence-electron chi connectivity index (χ1n) is 6.21. The van der Waals surface area contributed by atoms with Crippen LogP contribution in [0.2, 0.25) is 0 Å². The van der Waals surface area contributed by atoms with Crippen LogP contribution in [0, 0.1) is 0 Å². The van der Waals surface area contributed by atoms with E-state index in [0.29, 0.717) is 0 Å². The van der Waals surface area contributed by atoms with Gasteiger partial charge in [-0.1, -0.05) is 42.5 Å². The first-order valence-corrected chi connectivity index (χ1v) is 10.2. The monoisotopic (exact) mass is 352 g/mol. The van der Waals surface area contributed by atoms with Crippen molar-refractivity contribution in [2.75, 3.05) is 12.5 Å². The number of benzene rings is 2. The summed E-state index contributed by atoms with van der Waals surface area (Å²) in [6.07, 6.45) is 2.79. The van der Waals surface area contributed by atoms with Gasteiger partial charge in [-0.05, 0) is 28.8 Å². The summed E-state index contributed by atoms with van der Waals surface area (Å²) in [7, 11) is -8.03. The standard InChI is InChI=1S/C14H15F3O3S2/c1-21(2,20-22(18,19)14(15,16)17)10-11-7-8-12-5-3-4-6-13(12)9-11/h3-9H,10H2,1-2H3. The van der Waals surface area contributed by atoms with E-state index in [9.17, 15) is 21.6 Å². The number of rotatable bonds is 4. The van der Waals surface area contributed by atoms with Crippen LogP contribution in [0.25, 0.3) is 10.8 Å². The molecule has 3 nitrogen and oxygen atoms in total. The molecule has 122 valence electrons. The lowest BCUT2D eigenvalue weighted by Crippen LogP contribution is -2.27. The minimum atomic E-state index is -5.58. The van der Waals surface area contributed by atoms with Crippen molar-refractivity contribution in [2.24, 2.45) is 0 Å². The zero-order valence-corrected chi connectivity index (χ0v) is 13.6. The molecule has 0 saturated heterocycles. The van der Waals surface area contributed by atoms with Gasteiger partial charge in [0.05, 0.1) is 0 Å². The van der Waals surface area contributed by atoms with Crippen molar-refractivity contribution >= 4 is 31.2 Å². The van der Waals surface area contributed by atoms with Crippen molar-refractivity contribution < 1.29 is 25.2 Å². The molecule has 0 aromatic heterocycles. The third-order valence-corrected chi connectivity index (χ3v) is 6.67. The van der Waals surface area contributed by atoms with Crippen molar-refractivity contribution in [1.29, 1.82) is 0 Å². The topological polar surface area (TPSA) is 43.4 Å². The van der Waals surface area contributed by atoms with Crippen LogP contribution < -0.4 is 0 Å². The summed E-state index contributed by atoms with van der Waals surface area (Å²) >= 11 is 0. The average Bonchev–Trinajstić information content (AvgIpc) is 2.35. The molecule has 0 unspecified atom stereocenters. The van der Waals surface area contributed by atoms with Crippen LogP contribution in [0.4, 0.5) is 13.2 Å². The van der Waals surface area contributed by atoms with Crippen LogP contribution >= 0.6 is 10.3 Å². The van der Waals surface area contributed by atoms with Crippen LogP contribution in [-0.2, 0) is 19.5 Å². The first-order chi connectivity index (χ1) is 10.0. The van der Waals surface area contributed by atoms with Crippen molar-refractivity contribution in [2.45, 2.75) is 11.3 Å². The molecule has 0 saturated carbocycles. The van der Waals surface area contributed by atoms with Crippen molar-refractivity contribution in [3.63, 3.8) is 0 Å². The van der Waals surface area contributed by atoms with Crippen LogP contribution in [0.15, 0.2) is 42.5 Å². The zero-order chi connectivity index (χ0) is 16.6. The molecule has 2 rings (SSSR count). The highest BCUT2D eigenvalue weighted by molar-refractivity contribution is 8.31. The van der Waals surface area contributed by atoms with E-state index in [0.717, 1.165) is 16.3 Å². The van der Waals surface area contributed by atoms with E-state index in [1.807, 2.05) is 36.4 Å². The van der Waals surface area contributed by atoms with E-state index in [4.69, 9.17) is 0 Å². The average molecular weight is 352 g/mol. The van der Waals surface area contributed by atoms with E-state index in [-0.39, 0.29) is 5.75 Å². The number of alkyl halides is 3. The Bertz CT molecular complexity index is 783. The molecular weight excluding hydrogens is 337 g/mol. The van der Waals surface area contributed by atoms with Gasteiger partial charge in [0.1, 0.15) is 0 Å². The fourth-order valence-corrected chi connectivity index (χ4v) is 5.46. The van der Waals surface area contributed by atoms with Crippen LogP contribution in [0.1, 0.15) is 5.56 Å². The first kappa shape index (κ1) is 17.1. The summed E-state index contributed by atoms with van der Waals surface area (Å²) < 4.78 is 64.0. The molecule has 0 aliphatic rings. The Morgan fingerprint density at radius 3 is 2.18 bits per heavy atom. The Balaban J connectivity index is 2.23. The Morgan fingerprint density at radius 2 is 1.59 bits per heavy atom. The fourth-order valence-electron chi connectivity index (χ4n) is 2.04. The maximum absolute atomic E-state index is 12.4. The summed E-state index contributed by atoms with van der Waals surface area (Å²) in [6.45, 7) is 0. The third kappa shape index (κ3) is 3.93. The quantitative estimate of drug-likeness (QED) is 0.775. The maximum atomic E-state index is 12.4. The highest BCUT2D eigenvalue weighted by atomic mass is 32.3. The molecule has 0 radical (unpaired) electrons. The van der Waals surface area contributed by atoms with Gasteiger partial charge in [0, 0.05) is 5.75 Å². The van der Waals surface area contributed by atoms with Gasteiger partial charge in [-0.2, -0.15) is 21.6 Å². The lowest BCUT2D eigenvalue weighted by atomic mass is 10.1. The largest absolute Gasteiger partial charge is 0.523 e. The molecule has 22 heavy (non-hydrogen) atoms. The van der Waals surface area contributed by atoms with E-state index < -0.39 is 25.9 Å². The Hall–Kier alpha value is -1.25. The van der Waals surface area contributed by atoms with Crippen LogP contribution in [0.3, 0.4) is 0 Å². The molecule has 0 amide bonds. The molecule has 0 aliphatic heterocycles. The third-order valence-electron chi connectivity index (χ3n) is 2.89. The zero-order valence-electron chi connectivity index (χ0n) is 11.9. The van der Waals surface area contributed by atoms with Gasteiger partial charge in [0.2, 0.25) is 0 Å². The van der Waals surface area contributed by atoms with Crippen molar-refractivity contribution in [3.8, 4) is 0 Å². The second kappa shape index (κ2) is 5.75. The lowest BCUT2D eigenvalue weighted by Gasteiger charge is -2.30. The molecule has 0 spiro atoms. The van der Waals surface area contributed by atoms with E-state index >= 15 is 0 Å². The predicted octanol–water partition coefficient (Wildman–Crippen LogP) is 4.19. The highest BCUT2D eigenvalue weighted by Crippen LogP contribution is 2.49. The summed E-state index contributed by atoms with van der Waals surface area (Å²) in [5.74, 6) is 0.118. The molecule has 0 bridgehead atoms. The Labute approximate surface area is 128 Å². The van der Waals surface area contributed by atoms with Gasteiger partial charge in [0.15, 0.2) is 0 Å². The summed E-state index contributed by atoms with van der Waals surface area (Å²) in [5, 5.41) is 1.94. The molecule has 0 heterocycles. The van der Waals surface area contributed by atoms with Crippen molar-refractivity contribution in [3.05, 3.63) is 48.0 Å². The second-order valence-electron chi connectivity index (χ2n) is 5.23. The Kier molecular flexibility index (Phi) is 4.47. The smallest absolute Gasteiger partial charge is 0.213 e. The second-order valence-corrected chi connectivity index (χ2v) is 10.3. The molecule has 0 atom stereocenters. The number of hydrogen-bond donors (Lipinski definition) is 0. The van der Waals surface area contributed by atoms with Crippen LogP contribution in [0.5, 0.6) is 0 Å².